The number of aromatic nitrogens is 1. The van der Waals surface area contributed by atoms with Gasteiger partial charge in [0, 0.05) is 11.0 Å². The van der Waals surface area contributed by atoms with Gasteiger partial charge in [-0.25, -0.2) is 4.98 Å². The first-order chi connectivity index (χ1) is 9.45. The monoisotopic (exact) mass is 402 g/mol. The maximum atomic E-state index is 11.9. The number of aryl methyl sites for hydroxylation is 2. The van der Waals surface area contributed by atoms with Crippen molar-refractivity contribution < 1.29 is 9.21 Å². The van der Waals surface area contributed by atoms with Gasteiger partial charge in [0.25, 0.3) is 0 Å². The molecule has 0 saturated carbocycles. The number of nitrogens with one attached hydrogen (secondary N) is 1. The second kappa shape index (κ2) is 6.53. The van der Waals surface area contributed by atoms with E-state index in [0.717, 1.165) is 19.3 Å². The molecule has 0 fully saturated rings. The molecule has 0 saturated heterocycles. The van der Waals surface area contributed by atoms with Crippen LogP contribution in [0.2, 0.25) is 0 Å². The van der Waals surface area contributed by atoms with Crippen LogP contribution in [0.4, 0.5) is 0 Å². The Morgan fingerprint density at radius 3 is 2.80 bits per heavy atom. The standard InChI is InChI=1S/C14H15IN2O2S/c1-8-14(20-10(3)16-8)9(2)17-13(18)7-5-11-4-6-12(15)19-11/h4-7,9H,1-3H3,(H,17,18)/b7-5+. The highest BCUT2D eigenvalue weighted by atomic mass is 127. The molecule has 1 N–H and O–H groups in total. The summed E-state index contributed by atoms with van der Waals surface area (Å²) in [4.78, 5) is 17.3. The highest BCUT2D eigenvalue weighted by Crippen LogP contribution is 2.24. The van der Waals surface area contributed by atoms with Crippen LogP contribution in [0.3, 0.4) is 0 Å². The molecule has 2 aromatic heterocycles. The number of halogens is 1. The van der Waals surface area contributed by atoms with E-state index >= 15 is 0 Å². The highest BCUT2D eigenvalue weighted by molar-refractivity contribution is 14.1. The fourth-order valence-corrected chi connectivity index (χ4v) is 3.22. The topological polar surface area (TPSA) is 55.1 Å². The number of hydrogen-bond donors (Lipinski definition) is 1. The number of amides is 1. The lowest BCUT2D eigenvalue weighted by Crippen LogP contribution is -2.24. The summed E-state index contributed by atoms with van der Waals surface area (Å²) in [7, 11) is 0. The Labute approximate surface area is 135 Å². The molecule has 0 spiro atoms. The van der Waals surface area contributed by atoms with Crippen LogP contribution >= 0.6 is 33.9 Å². The zero-order valence-electron chi connectivity index (χ0n) is 11.4. The second-order valence-corrected chi connectivity index (χ2v) is 6.69. The summed E-state index contributed by atoms with van der Waals surface area (Å²) in [5.41, 5.74) is 0.977. The van der Waals surface area contributed by atoms with Crippen LogP contribution in [0.15, 0.2) is 22.6 Å². The SMILES string of the molecule is Cc1nc(C)c(C(C)NC(=O)/C=C/c2ccc(I)o2)s1. The smallest absolute Gasteiger partial charge is 0.244 e. The van der Waals surface area contributed by atoms with E-state index in [0.29, 0.717) is 5.76 Å². The van der Waals surface area contributed by atoms with Gasteiger partial charge in [-0.1, -0.05) is 0 Å². The molecule has 1 atom stereocenters. The molecule has 106 valence electrons. The predicted octanol–water partition coefficient (Wildman–Crippen LogP) is 3.85. The minimum Gasteiger partial charge on any atom is -0.451 e. The van der Waals surface area contributed by atoms with Gasteiger partial charge in [0.1, 0.15) is 5.76 Å². The Morgan fingerprint density at radius 1 is 1.50 bits per heavy atom. The predicted molar refractivity (Wildman–Crippen MR) is 88.6 cm³/mol. The van der Waals surface area contributed by atoms with Gasteiger partial charge >= 0.3 is 0 Å². The van der Waals surface area contributed by atoms with Gasteiger partial charge < -0.3 is 9.73 Å². The summed E-state index contributed by atoms with van der Waals surface area (Å²) < 4.78 is 6.16. The largest absolute Gasteiger partial charge is 0.451 e. The molecule has 0 bridgehead atoms. The molecular weight excluding hydrogens is 387 g/mol. The molecule has 0 radical (unpaired) electrons. The third-order valence-corrected chi connectivity index (χ3v) is 4.52. The molecule has 4 nitrogen and oxygen atoms in total. The molecule has 0 aromatic carbocycles. The minimum atomic E-state index is -0.144. The lowest BCUT2D eigenvalue weighted by molar-refractivity contribution is -0.117. The van der Waals surface area contributed by atoms with Crippen molar-refractivity contribution in [3.63, 3.8) is 0 Å². The third kappa shape index (κ3) is 3.92. The van der Waals surface area contributed by atoms with Crippen molar-refractivity contribution in [3.8, 4) is 0 Å². The first-order valence-electron chi connectivity index (χ1n) is 6.13. The molecule has 2 rings (SSSR count). The van der Waals surface area contributed by atoms with Crippen molar-refractivity contribution in [2.45, 2.75) is 26.8 Å². The molecule has 0 aliphatic heterocycles. The fraction of sp³-hybridized carbons (Fsp3) is 0.286. The van der Waals surface area contributed by atoms with E-state index in [1.807, 2.05) is 32.9 Å². The number of carbonyl (C=O) groups excluding carboxylic acids is 1. The minimum absolute atomic E-state index is 0.0462. The normalized spacial score (nSPS) is 12.8. The Hall–Kier alpha value is -1.15. The van der Waals surface area contributed by atoms with Crippen LogP contribution in [0.25, 0.3) is 6.08 Å². The van der Waals surface area contributed by atoms with Crippen LogP contribution in [-0.4, -0.2) is 10.9 Å². The summed E-state index contributed by atoms with van der Waals surface area (Å²) in [6, 6.07) is 3.63. The number of rotatable bonds is 4. The summed E-state index contributed by atoms with van der Waals surface area (Å²) in [5.74, 6) is 0.524. The molecule has 2 aromatic rings. The molecule has 20 heavy (non-hydrogen) atoms. The molecule has 0 aliphatic carbocycles. The van der Waals surface area contributed by atoms with Crippen LogP contribution in [0, 0.1) is 17.6 Å². The van der Waals surface area contributed by atoms with Gasteiger partial charge in [-0.2, -0.15) is 0 Å². The van der Waals surface area contributed by atoms with Crippen LogP contribution in [-0.2, 0) is 4.79 Å². The molecule has 6 heteroatoms. The summed E-state index contributed by atoms with van der Waals surface area (Å²) in [6.45, 7) is 5.89. The number of hydrogen-bond acceptors (Lipinski definition) is 4. The Bertz CT molecular complexity index is 645. The summed E-state index contributed by atoms with van der Waals surface area (Å²) >= 11 is 3.70. The Balaban J connectivity index is 1.97. The lowest BCUT2D eigenvalue weighted by atomic mass is 10.2. The number of nitrogens with zero attached hydrogens (tertiary/aromatic N) is 1. The van der Waals surface area contributed by atoms with Gasteiger partial charge in [0.2, 0.25) is 5.91 Å². The average molecular weight is 402 g/mol. The molecule has 2 heterocycles. The zero-order valence-corrected chi connectivity index (χ0v) is 14.4. The van der Waals surface area contributed by atoms with Crippen molar-refractivity contribution in [2.75, 3.05) is 0 Å². The van der Waals surface area contributed by atoms with Gasteiger partial charge in [0.05, 0.1) is 16.7 Å². The van der Waals surface area contributed by atoms with Gasteiger partial charge in [-0.15, -0.1) is 11.3 Å². The zero-order chi connectivity index (χ0) is 14.7. The van der Waals surface area contributed by atoms with Crippen molar-refractivity contribution in [1.29, 1.82) is 0 Å². The first-order valence-corrected chi connectivity index (χ1v) is 8.03. The van der Waals surface area contributed by atoms with Gasteiger partial charge in [-0.05, 0) is 61.6 Å². The summed E-state index contributed by atoms with van der Waals surface area (Å²) in [5, 5.41) is 3.94. The van der Waals surface area contributed by atoms with Crippen molar-refractivity contribution in [3.05, 3.63) is 43.3 Å². The molecular formula is C14H15IN2O2S. The van der Waals surface area contributed by atoms with Crippen LogP contribution in [0.5, 0.6) is 0 Å². The Kier molecular flexibility index (Phi) is 4.98. The van der Waals surface area contributed by atoms with Crippen molar-refractivity contribution in [2.24, 2.45) is 0 Å². The highest BCUT2D eigenvalue weighted by Gasteiger charge is 2.14. The number of carbonyl (C=O) groups is 1. The third-order valence-electron chi connectivity index (χ3n) is 2.68. The quantitative estimate of drug-likeness (QED) is 0.625. The van der Waals surface area contributed by atoms with Gasteiger partial charge in [-0.3, -0.25) is 4.79 Å². The van der Waals surface area contributed by atoms with E-state index in [9.17, 15) is 4.79 Å². The van der Waals surface area contributed by atoms with E-state index in [-0.39, 0.29) is 11.9 Å². The maximum absolute atomic E-state index is 11.9. The van der Waals surface area contributed by atoms with E-state index < -0.39 is 0 Å². The second-order valence-electron chi connectivity index (χ2n) is 4.39. The van der Waals surface area contributed by atoms with E-state index in [2.05, 4.69) is 32.9 Å². The summed E-state index contributed by atoms with van der Waals surface area (Å²) in [6.07, 6.45) is 3.14. The molecule has 1 unspecified atom stereocenters. The Morgan fingerprint density at radius 2 is 2.25 bits per heavy atom. The van der Waals surface area contributed by atoms with Crippen LogP contribution < -0.4 is 5.32 Å². The van der Waals surface area contributed by atoms with Crippen LogP contribution in [0.1, 0.15) is 34.3 Å². The lowest BCUT2D eigenvalue weighted by Gasteiger charge is -2.10. The maximum Gasteiger partial charge on any atom is 0.244 e. The molecule has 1 amide bonds. The number of furan rings is 1. The average Bonchev–Trinajstić information content (AvgIpc) is 2.92. The van der Waals surface area contributed by atoms with E-state index in [1.165, 1.54) is 6.08 Å². The first kappa shape index (κ1) is 15.2. The van der Waals surface area contributed by atoms with Crippen molar-refractivity contribution >= 4 is 45.9 Å². The fourth-order valence-electron chi connectivity index (χ4n) is 1.85. The van der Waals surface area contributed by atoms with E-state index in [4.69, 9.17) is 4.42 Å². The van der Waals surface area contributed by atoms with Gasteiger partial charge in [0.15, 0.2) is 3.77 Å². The van der Waals surface area contributed by atoms with E-state index in [1.54, 1.807) is 17.4 Å². The van der Waals surface area contributed by atoms with Crippen molar-refractivity contribution in [1.82, 2.24) is 10.3 Å². The molecule has 0 aliphatic rings. The number of thiazole rings is 1.